The summed E-state index contributed by atoms with van der Waals surface area (Å²) in [6.07, 6.45) is -2.21. The molecule has 2 atom stereocenters. The first-order valence-electron chi connectivity index (χ1n) is 6.39. The molecule has 1 aromatic carbocycles. The van der Waals surface area contributed by atoms with Crippen molar-refractivity contribution < 1.29 is 13.2 Å². The van der Waals surface area contributed by atoms with Crippen molar-refractivity contribution >= 4 is 15.9 Å². The van der Waals surface area contributed by atoms with E-state index in [2.05, 4.69) is 15.9 Å². The van der Waals surface area contributed by atoms with Crippen molar-refractivity contribution in [3.8, 4) is 0 Å². The maximum absolute atomic E-state index is 12.8. The highest BCUT2D eigenvalue weighted by atomic mass is 79.9. The molecule has 0 heterocycles. The average molecular weight is 336 g/mol. The fraction of sp³-hybridized carbons (Fsp3) is 0.571. The number of rotatable bonds is 2. The van der Waals surface area contributed by atoms with Crippen LogP contribution < -0.4 is 5.73 Å². The summed E-state index contributed by atoms with van der Waals surface area (Å²) in [7, 11) is 0. The lowest BCUT2D eigenvalue weighted by Gasteiger charge is -2.39. The molecule has 0 aliphatic heterocycles. The van der Waals surface area contributed by atoms with Gasteiger partial charge in [0.05, 0.1) is 5.92 Å². The zero-order valence-electron chi connectivity index (χ0n) is 10.5. The van der Waals surface area contributed by atoms with Crippen molar-refractivity contribution in [2.24, 2.45) is 11.7 Å². The SMILES string of the molecule is NC1(Cc2ccccc2Br)CCCC(C(F)(F)F)C1. The molecular weight excluding hydrogens is 319 g/mol. The number of hydrogen-bond donors (Lipinski definition) is 1. The molecule has 2 unspecified atom stereocenters. The van der Waals surface area contributed by atoms with Gasteiger partial charge in [-0.25, -0.2) is 0 Å². The van der Waals surface area contributed by atoms with Crippen LogP contribution in [0.2, 0.25) is 0 Å². The Bertz CT molecular complexity index is 447. The average Bonchev–Trinajstić information content (AvgIpc) is 2.31. The summed E-state index contributed by atoms with van der Waals surface area (Å²) >= 11 is 3.42. The summed E-state index contributed by atoms with van der Waals surface area (Å²) in [6.45, 7) is 0. The van der Waals surface area contributed by atoms with Gasteiger partial charge >= 0.3 is 6.18 Å². The lowest BCUT2D eigenvalue weighted by Crippen LogP contribution is -2.49. The summed E-state index contributed by atoms with van der Waals surface area (Å²) in [5.41, 5.74) is 6.46. The van der Waals surface area contributed by atoms with Gasteiger partial charge in [0.1, 0.15) is 0 Å². The van der Waals surface area contributed by atoms with Crippen molar-refractivity contribution in [2.45, 2.75) is 43.8 Å². The largest absolute Gasteiger partial charge is 0.391 e. The molecule has 0 aromatic heterocycles. The van der Waals surface area contributed by atoms with Gasteiger partial charge in [0.25, 0.3) is 0 Å². The molecule has 2 rings (SSSR count). The molecule has 0 radical (unpaired) electrons. The Morgan fingerprint density at radius 1 is 1.32 bits per heavy atom. The molecule has 0 bridgehead atoms. The highest BCUT2D eigenvalue weighted by Crippen LogP contribution is 2.42. The van der Waals surface area contributed by atoms with Crippen LogP contribution in [0.25, 0.3) is 0 Å². The monoisotopic (exact) mass is 335 g/mol. The maximum Gasteiger partial charge on any atom is 0.391 e. The first-order chi connectivity index (χ1) is 8.80. The fourth-order valence-corrected chi connectivity index (χ4v) is 3.28. The van der Waals surface area contributed by atoms with Crippen molar-refractivity contribution in [2.75, 3.05) is 0 Å². The predicted molar refractivity (Wildman–Crippen MR) is 72.8 cm³/mol. The van der Waals surface area contributed by atoms with E-state index in [0.29, 0.717) is 19.3 Å². The van der Waals surface area contributed by atoms with Crippen LogP contribution >= 0.6 is 15.9 Å². The Morgan fingerprint density at radius 2 is 2.00 bits per heavy atom. The zero-order valence-corrected chi connectivity index (χ0v) is 12.1. The van der Waals surface area contributed by atoms with Crippen LogP contribution in [0.4, 0.5) is 13.2 Å². The molecule has 2 N–H and O–H groups in total. The fourth-order valence-electron chi connectivity index (χ4n) is 2.86. The van der Waals surface area contributed by atoms with Crippen molar-refractivity contribution in [3.63, 3.8) is 0 Å². The second-order valence-electron chi connectivity index (χ2n) is 5.47. The van der Waals surface area contributed by atoms with E-state index in [1.807, 2.05) is 24.3 Å². The summed E-state index contributed by atoms with van der Waals surface area (Å²) in [5.74, 6) is -1.26. The van der Waals surface area contributed by atoms with Gasteiger partial charge in [-0.2, -0.15) is 13.2 Å². The lowest BCUT2D eigenvalue weighted by atomic mass is 9.73. The Hall–Kier alpha value is -0.550. The van der Waals surface area contributed by atoms with Crippen LogP contribution in [0.1, 0.15) is 31.2 Å². The zero-order chi connectivity index (χ0) is 14.1. The molecule has 1 fully saturated rings. The normalized spacial score (nSPS) is 28.4. The van der Waals surface area contributed by atoms with Crippen LogP contribution in [-0.4, -0.2) is 11.7 Å². The lowest BCUT2D eigenvalue weighted by molar-refractivity contribution is -0.187. The van der Waals surface area contributed by atoms with E-state index in [-0.39, 0.29) is 12.8 Å². The molecule has 19 heavy (non-hydrogen) atoms. The van der Waals surface area contributed by atoms with Crippen LogP contribution in [0, 0.1) is 5.92 Å². The third kappa shape index (κ3) is 3.72. The number of halogens is 4. The number of hydrogen-bond acceptors (Lipinski definition) is 1. The van der Waals surface area contributed by atoms with Gasteiger partial charge in [-0.05, 0) is 37.3 Å². The van der Waals surface area contributed by atoms with E-state index in [1.165, 1.54) is 0 Å². The van der Waals surface area contributed by atoms with E-state index in [4.69, 9.17) is 5.73 Å². The van der Waals surface area contributed by atoms with Crippen LogP contribution in [-0.2, 0) is 6.42 Å². The Kier molecular flexibility index (Phi) is 4.26. The molecule has 106 valence electrons. The van der Waals surface area contributed by atoms with E-state index >= 15 is 0 Å². The first-order valence-corrected chi connectivity index (χ1v) is 7.18. The van der Waals surface area contributed by atoms with Gasteiger partial charge in [-0.3, -0.25) is 0 Å². The second-order valence-corrected chi connectivity index (χ2v) is 6.32. The summed E-state index contributed by atoms with van der Waals surface area (Å²) in [6, 6.07) is 7.57. The topological polar surface area (TPSA) is 26.0 Å². The Balaban J connectivity index is 2.12. The smallest absolute Gasteiger partial charge is 0.325 e. The third-order valence-electron chi connectivity index (χ3n) is 3.84. The maximum atomic E-state index is 12.8. The minimum Gasteiger partial charge on any atom is -0.325 e. The summed E-state index contributed by atoms with van der Waals surface area (Å²) < 4.78 is 39.4. The summed E-state index contributed by atoms with van der Waals surface area (Å²) in [5, 5.41) is 0. The summed E-state index contributed by atoms with van der Waals surface area (Å²) in [4.78, 5) is 0. The number of benzene rings is 1. The minimum absolute atomic E-state index is 0.0256. The molecule has 1 aromatic rings. The van der Waals surface area contributed by atoms with Gasteiger partial charge in [-0.15, -0.1) is 0 Å². The minimum atomic E-state index is -4.13. The van der Waals surface area contributed by atoms with Gasteiger partial charge < -0.3 is 5.73 Å². The quantitative estimate of drug-likeness (QED) is 0.849. The first kappa shape index (κ1) is 14.9. The molecule has 0 amide bonds. The van der Waals surface area contributed by atoms with Gasteiger partial charge in [0.2, 0.25) is 0 Å². The number of alkyl halides is 3. The van der Waals surface area contributed by atoms with Gasteiger partial charge in [-0.1, -0.05) is 40.5 Å². The molecule has 0 spiro atoms. The predicted octanol–water partition coefficient (Wildman–Crippen LogP) is 4.44. The highest BCUT2D eigenvalue weighted by Gasteiger charge is 2.46. The van der Waals surface area contributed by atoms with E-state index in [9.17, 15) is 13.2 Å². The van der Waals surface area contributed by atoms with Crippen LogP contribution in [0.15, 0.2) is 28.7 Å². The molecule has 1 aliphatic carbocycles. The molecule has 1 saturated carbocycles. The van der Waals surface area contributed by atoms with E-state index in [1.54, 1.807) is 0 Å². The van der Waals surface area contributed by atoms with E-state index in [0.717, 1.165) is 10.0 Å². The van der Waals surface area contributed by atoms with Gasteiger partial charge in [0, 0.05) is 10.0 Å². The van der Waals surface area contributed by atoms with Crippen molar-refractivity contribution in [1.29, 1.82) is 0 Å². The third-order valence-corrected chi connectivity index (χ3v) is 4.62. The Morgan fingerprint density at radius 3 is 2.63 bits per heavy atom. The molecule has 1 nitrogen and oxygen atoms in total. The number of nitrogens with two attached hydrogens (primary N) is 1. The van der Waals surface area contributed by atoms with Crippen LogP contribution in [0.3, 0.4) is 0 Å². The van der Waals surface area contributed by atoms with Crippen LogP contribution in [0.5, 0.6) is 0 Å². The van der Waals surface area contributed by atoms with Crippen molar-refractivity contribution in [3.05, 3.63) is 34.3 Å². The van der Waals surface area contributed by atoms with Crippen molar-refractivity contribution in [1.82, 2.24) is 0 Å². The van der Waals surface area contributed by atoms with E-state index < -0.39 is 17.6 Å². The molecule has 0 saturated heterocycles. The van der Waals surface area contributed by atoms with Gasteiger partial charge in [0.15, 0.2) is 0 Å². The Labute approximate surface area is 119 Å². The molecular formula is C14H17BrF3N. The standard InChI is InChI=1S/C14H17BrF3N/c15-12-6-2-1-4-10(12)8-13(19)7-3-5-11(9-13)14(16,17)18/h1-2,4,6,11H,3,5,7-9,19H2. The molecule has 1 aliphatic rings. The highest BCUT2D eigenvalue weighted by molar-refractivity contribution is 9.10. The second kappa shape index (κ2) is 5.44. The molecule has 5 heteroatoms.